The van der Waals surface area contributed by atoms with Gasteiger partial charge in [-0.15, -0.1) is 0 Å². The summed E-state index contributed by atoms with van der Waals surface area (Å²) in [5.74, 6) is 0.890. The van der Waals surface area contributed by atoms with E-state index in [0.29, 0.717) is 42.5 Å². The van der Waals surface area contributed by atoms with Crippen molar-refractivity contribution >= 4 is 21.5 Å². The average molecular weight is 437 g/mol. The normalized spacial score (nSPS) is 17.9. The summed E-state index contributed by atoms with van der Waals surface area (Å²) >= 11 is 0. The van der Waals surface area contributed by atoms with Crippen LogP contribution in [0.4, 0.5) is 14.6 Å². The molecule has 0 radical (unpaired) electrons. The van der Waals surface area contributed by atoms with Crippen LogP contribution in [0.1, 0.15) is 25.0 Å². The van der Waals surface area contributed by atoms with Gasteiger partial charge in [0.2, 0.25) is 10.0 Å². The van der Waals surface area contributed by atoms with E-state index in [-0.39, 0.29) is 5.69 Å². The lowest BCUT2D eigenvalue weighted by Gasteiger charge is -2.34. The van der Waals surface area contributed by atoms with Crippen molar-refractivity contribution in [2.24, 2.45) is 0 Å². The van der Waals surface area contributed by atoms with Gasteiger partial charge >= 0.3 is 0 Å². The van der Waals surface area contributed by atoms with Crippen LogP contribution in [-0.2, 0) is 10.0 Å². The molecular formula is C18H21F2N7O2S. The molecule has 9 nitrogen and oxygen atoms in total. The molecule has 0 N–H and O–H groups in total. The zero-order valence-electron chi connectivity index (χ0n) is 16.5. The number of hydrogen-bond acceptors (Lipinski definition) is 7. The topological polar surface area (TPSA) is 96.6 Å². The molecule has 1 unspecified atom stereocenters. The first-order valence-electron chi connectivity index (χ1n) is 9.38. The first-order valence-corrected chi connectivity index (χ1v) is 10.9. The molecule has 1 atom stereocenters. The number of sulfonamides is 1. The van der Waals surface area contributed by atoms with Gasteiger partial charge in [-0.25, -0.2) is 41.4 Å². The van der Waals surface area contributed by atoms with Crippen LogP contribution in [0, 0.1) is 0 Å². The first kappa shape index (κ1) is 20.5. The largest absolute Gasteiger partial charge is 0.355 e. The summed E-state index contributed by atoms with van der Waals surface area (Å²) < 4.78 is 53.9. The Morgan fingerprint density at radius 3 is 2.73 bits per heavy atom. The highest BCUT2D eigenvalue weighted by atomic mass is 32.2. The number of alkyl halides is 2. The monoisotopic (exact) mass is 437 g/mol. The van der Waals surface area contributed by atoms with E-state index in [1.807, 2.05) is 4.90 Å². The van der Waals surface area contributed by atoms with E-state index < -0.39 is 21.7 Å². The van der Waals surface area contributed by atoms with Crippen LogP contribution in [0.5, 0.6) is 0 Å². The minimum Gasteiger partial charge on any atom is -0.355 e. The molecule has 4 rings (SSSR count). The number of piperidine rings is 1. The molecule has 3 aromatic heterocycles. The van der Waals surface area contributed by atoms with Crippen LogP contribution in [0.3, 0.4) is 0 Å². The summed E-state index contributed by atoms with van der Waals surface area (Å²) in [6, 6.07) is 1.71. The molecule has 1 aliphatic rings. The lowest BCUT2D eigenvalue weighted by Crippen LogP contribution is -2.46. The molecule has 1 saturated heterocycles. The van der Waals surface area contributed by atoms with Gasteiger partial charge in [0.05, 0.1) is 17.6 Å². The summed E-state index contributed by atoms with van der Waals surface area (Å²) in [5, 5.41) is -0.518. The van der Waals surface area contributed by atoms with E-state index in [0.717, 1.165) is 6.42 Å². The van der Waals surface area contributed by atoms with Gasteiger partial charge in [-0.2, -0.15) is 0 Å². The Morgan fingerprint density at radius 2 is 2.00 bits per heavy atom. The van der Waals surface area contributed by atoms with Gasteiger partial charge in [-0.1, -0.05) is 0 Å². The van der Waals surface area contributed by atoms with Crippen LogP contribution in [0.2, 0.25) is 0 Å². The van der Waals surface area contributed by atoms with Crippen molar-refractivity contribution < 1.29 is 17.2 Å². The van der Waals surface area contributed by atoms with Crippen LogP contribution < -0.4 is 4.90 Å². The number of nitrogens with zero attached hydrogens (tertiary/aromatic N) is 7. The average Bonchev–Trinajstić information content (AvgIpc) is 3.17. The Hall–Kier alpha value is -2.73. The van der Waals surface area contributed by atoms with Crippen LogP contribution in [-0.4, -0.2) is 69.5 Å². The molecule has 160 valence electrons. The summed E-state index contributed by atoms with van der Waals surface area (Å²) in [7, 11) is -0.316. The fraction of sp³-hybridized carbons (Fsp3) is 0.444. The van der Waals surface area contributed by atoms with E-state index in [2.05, 4.69) is 19.9 Å². The summed E-state index contributed by atoms with van der Waals surface area (Å²) in [5.41, 5.74) is 0.481. The van der Waals surface area contributed by atoms with Crippen molar-refractivity contribution in [2.45, 2.75) is 24.5 Å². The third kappa shape index (κ3) is 3.72. The molecule has 1 fully saturated rings. The molecule has 1 aliphatic heterocycles. The van der Waals surface area contributed by atoms with Gasteiger partial charge in [0, 0.05) is 39.6 Å². The molecule has 4 heterocycles. The Morgan fingerprint density at radius 1 is 1.20 bits per heavy atom. The maximum atomic E-state index is 13.0. The number of halogens is 2. The minimum absolute atomic E-state index is 0.309. The van der Waals surface area contributed by atoms with E-state index in [4.69, 9.17) is 0 Å². The third-order valence-corrected chi connectivity index (χ3v) is 7.39. The predicted octanol–water partition coefficient (Wildman–Crippen LogP) is 1.98. The smallest absolute Gasteiger partial charge is 0.281 e. The van der Waals surface area contributed by atoms with Crippen molar-refractivity contribution in [3.63, 3.8) is 0 Å². The molecule has 0 saturated carbocycles. The quantitative estimate of drug-likeness (QED) is 0.602. The molecule has 0 spiro atoms. The highest BCUT2D eigenvalue weighted by Crippen LogP contribution is 2.26. The molecule has 3 aromatic rings. The maximum Gasteiger partial charge on any atom is 0.281 e. The molecule has 30 heavy (non-hydrogen) atoms. The van der Waals surface area contributed by atoms with Crippen LogP contribution in [0.25, 0.3) is 17.2 Å². The van der Waals surface area contributed by atoms with Crippen molar-refractivity contribution in [3.8, 4) is 11.5 Å². The second-order valence-corrected chi connectivity index (χ2v) is 9.69. The van der Waals surface area contributed by atoms with Crippen molar-refractivity contribution in [2.75, 3.05) is 32.1 Å². The van der Waals surface area contributed by atoms with E-state index in [1.54, 1.807) is 12.3 Å². The zero-order valence-corrected chi connectivity index (χ0v) is 17.3. The lowest BCUT2D eigenvalue weighted by molar-refractivity contribution is 0.145. The lowest BCUT2D eigenvalue weighted by atomic mass is 10.1. The molecule has 0 aromatic carbocycles. The van der Waals surface area contributed by atoms with Gasteiger partial charge in [-0.3, -0.25) is 4.40 Å². The van der Waals surface area contributed by atoms with Crippen molar-refractivity contribution in [1.29, 1.82) is 0 Å². The Balaban J connectivity index is 1.67. The third-order valence-electron chi connectivity index (χ3n) is 5.14. The zero-order chi connectivity index (χ0) is 21.5. The number of anilines is 1. The van der Waals surface area contributed by atoms with Gasteiger partial charge in [0.25, 0.3) is 6.43 Å². The highest BCUT2D eigenvalue weighted by molar-refractivity contribution is 7.89. The summed E-state index contributed by atoms with van der Waals surface area (Å²) in [6.45, 7) is 0.992. The number of aromatic nitrogens is 5. The second-order valence-electron chi connectivity index (χ2n) is 7.26. The van der Waals surface area contributed by atoms with E-state index in [9.17, 15) is 17.2 Å². The molecule has 0 bridgehead atoms. The predicted molar refractivity (Wildman–Crippen MR) is 107 cm³/mol. The van der Waals surface area contributed by atoms with E-state index >= 15 is 0 Å². The highest BCUT2D eigenvalue weighted by Gasteiger charge is 2.33. The molecule has 12 heteroatoms. The fourth-order valence-corrected chi connectivity index (χ4v) is 4.95. The number of imidazole rings is 1. The van der Waals surface area contributed by atoms with Gasteiger partial charge < -0.3 is 4.90 Å². The van der Waals surface area contributed by atoms with Crippen molar-refractivity contribution in [1.82, 2.24) is 28.6 Å². The van der Waals surface area contributed by atoms with Crippen LogP contribution in [0.15, 0.2) is 30.9 Å². The number of rotatable bonds is 5. The number of fused-ring (bicyclic) bond motifs is 1. The molecule has 0 amide bonds. The minimum atomic E-state index is -3.38. The number of hydrogen-bond donors (Lipinski definition) is 0. The van der Waals surface area contributed by atoms with Gasteiger partial charge in [0.1, 0.15) is 17.2 Å². The first-order chi connectivity index (χ1) is 14.3. The SMILES string of the molecule is CN(C)S(=O)(=O)C1CCCN(c2ccnc(-c3cnc4cnc(C(F)F)cn34)n2)C1. The Kier molecular flexibility index (Phi) is 5.36. The molecular weight excluding hydrogens is 416 g/mol. The summed E-state index contributed by atoms with van der Waals surface area (Å²) in [4.78, 5) is 18.6. The maximum absolute atomic E-state index is 13.0. The van der Waals surface area contributed by atoms with E-state index in [1.165, 1.54) is 41.4 Å². The van der Waals surface area contributed by atoms with Crippen LogP contribution >= 0.6 is 0 Å². The Bertz CT molecular complexity index is 1170. The summed E-state index contributed by atoms with van der Waals surface area (Å²) in [6.07, 6.45) is 4.16. The fourth-order valence-electron chi connectivity index (χ4n) is 3.52. The van der Waals surface area contributed by atoms with Gasteiger partial charge in [0.15, 0.2) is 11.5 Å². The second kappa shape index (κ2) is 7.84. The van der Waals surface area contributed by atoms with Crippen molar-refractivity contribution in [3.05, 3.63) is 36.5 Å². The standard InChI is InChI=1S/C18H21F2N7O2S/c1-25(2)30(28,29)12-4-3-7-26(10-12)15-5-6-21-18(24-15)14-8-23-16-9-22-13(17(19)20)11-27(14)16/h5-6,8-9,11-12,17H,3-4,7,10H2,1-2H3. The Labute approximate surface area is 172 Å². The van der Waals surface area contributed by atoms with Gasteiger partial charge in [-0.05, 0) is 18.9 Å². The molecule has 0 aliphatic carbocycles.